The number of carbonyl (C=O) groups is 1. The molecular formula is C24H21ClN6O3S2. The monoisotopic (exact) mass is 540 g/mol. The fourth-order valence-corrected chi connectivity index (χ4v) is 4.90. The van der Waals surface area contributed by atoms with Crippen LogP contribution in [0.1, 0.15) is 34.1 Å². The average Bonchev–Trinajstić information content (AvgIpc) is 3.44. The van der Waals surface area contributed by atoms with E-state index in [2.05, 4.69) is 37.3 Å². The van der Waals surface area contributed by atoms with Gasteiger partial charge >= 0.3 is 0 Å². The van der Waals surface area contributed by atoms with Gasteiger partial charge in [-0.25, -0.2) is 9.97 Å². The molecule has 1 fully saturated rings. The van der Waals surface area contributed by atoms with E-state index in [1.807, 2.05) is 12.3 Å². The normalized spacial score (nSPS) is 17.1. The number of rotatable bonds is 6. The molecule has 1 amide bonds. The molecule has 4 heterocycles. The summed E-state index contributed by atoms with van der Waals surface area (Å²) in [6.07, 6.45) is 5.84. The summed E-state index contributed by atoms with van der Waals surface area (Å²) < 4.78 is 5.49. The number of ether oxygens (including phenoxy) is 1. The maximum atomic E-state index is 13.4. The molecule has 3 aromatic rings. The van der Waals surface area contributed by atoms with Crippen molar-refractivity contribution >= 4 is 50.9 Å². The molecule has 0 saturated heterocycles. The Hall–Kier alpha value is -3.30. The van der Waals surface area contributed by atoms with Crippen LogP contribution in [0.2, 0.25) is 5.15 Å². The molecule has 0 radical (unpaired) electrons. The van der Waals surface area contributed by atoms with E-state index in [1.54, 1.807) is 17.2 Å². The fraction of sp³-hybridized carbons (Fsp3) is 0.292. The van der Waals surface area contributed by atoms with Gasteiger partial charge in [0, 0.05) is 34.2 Å². The number of nitrogens with one attached hydrogen (secondary N) is 1. The number of methoxy groups -OCH3 is 1. The Morgan fingerprint density at radius 2 is 2.22 bits per heavy atom. The van der Waals surface area contributed by atoms with Gasteiger partial charge in [0.2, 0.25) is 5.13 Å². The molecule has 1 unspecified atom stereocenters. The van der Waals surface area contributed by atoms with Gasteiger partial charge in [-0.1, -0.05) is 28.9 Å². The highest BCUT2D eigenvalue weighted by atomic mass is 35.5. The molecule has 1 aliphatic heterocycles. The van der Waals surface area contributed by atoms with Crippen LogP contribution in [-0.4, -0.2) is 49.4 Å². The summed E-state index contributed by atoms with van der Waals surface area (Å²) in [4.78, 5) is 23.6. The number of hydrogen-bond acceptors (Lipinski definition) is 10. The highest BCUT2D eigenvalue weighted by molar-refractivity contribution is 7.15. The van der Waals surface area contributed by atoms with Crippen molar-refractivity contribution in [3.63, 3.8) is 0 Å². The molecule has 184 valence electrons. The van der Waals surface area contributed by atoms with Crippen molar-refractivity contribution < 1.29 is 14.6 Å². The van der Waals surface area contributed by atoms with Gasteiger partial charge in [-0.05, 0) is 37.8 Å². The molecule has 1 aliphatic carbocycles. The third-order valence-electron chi connectivity index (χ3n) is 5.45. The maximum absolute atomic E-state index is 13.4. The number of carbonyl (C=O) groups excluding carboxylic acids is 1. The molecule has 3 aromatic heterocycles. The molecule has 12 heteroatoms. The quantitative estimate of drug-likeness (QED) is 0.358. The van der Waals surface area contributed by atoms with E-state index in [-0.39, 0.29) is 10.7 Å². The maximum Gasteiger partial charge on any atom is 0.258 e. The zero-order valence-corrected chi connectivity index (χ0v) is 21.7. The first-order chi connectivity index (χ1) is 17.4. The van der Waals surface area contributed by atoms with Gasteiger partial charge in [0.25, 0.3) is 5.91 Å². The second kappa shape index (κ2) is 10.4. The van der Waals surface area contributed by atoms with Crippen LogP contribution in [0.5, 0.6) is 5.75 Å². The third kappa shape index (κ3) is 5.57. The number of amides is 1. The van der Waals surface area contributed by atoms with Crippen LogP contribution in [0.3, 0.4) is 0 Å². The van der Waals surface area contributed by atoms with E-state index in [0.717, 1.165) is 23.5 Å². The van der Waals surface area contributed by atoms with Crippen molar-refractivity contribution in [2.45, 2.75) is 32.5 Å². The lowest BCUT2D eigenvalue weighted by molar-refractivity contribution is -0.112. The molecule has 1 atom stereocenters. The Labute approximate surface area is 220 Å². The highest BCUT2D eigenvalue weighted by Crippen LogP contribution is 2.36. The summed E-state index contributed by atoms with van der Waals surface area (Å²) in [6.45, 7) is 2.27. The molecule has 0 aromatic carbocycles. The molecule has 0 spiro atoms. The van der Waals surface area contributed by atoms with E-state index in [0.29, 0.717) is 39.5 Å². The van der Waals surface area contributed by atoms with Crippen LogP contribution in [0.25, 0.3) is 5.57 Å². The summed E-state index contributed by atoms with van der Waals surface area (Å²) >= 11 is 8.92. The van der Waals surface area contributed by atoms with Gasteiger partial charge in [-0.15, -0.1) is 21.5 Å². The van der Waals surface area contributed by atoms with Crippen LogP contribution in [-0.2, 0) is 11.3 Å². The Bertz CT molecular complexity index is 1430. The predicted molar refractivity (Wildman–Crippen MR) is 138 cm³/mol. The predicted octanol–water partition coefficient (Wildman–Crippen LogP) is 3.86. The van der Waals surface area contributed by atoms with Crippen LogP contribution in [0.15, 0.2) is 35.5 Å². The Kier molecular flexibility index (Phi) is 7.02. The van der Waals surface area contributed by atoms with Gasteiger partial charge in [-0.2, -0.15) is 0 Å². The number of anilines is 1. The van der Waals surface area contributed by atoms with Gasteiger partial charge in [-0.3, -0.25) is 10.1 Å². The topological polar surface area (TPSA) is 113 Å². The minimum atomic E-state index is -1.06. The number of hydrogen-bond donors (Lipinski definition) is 2. The summed E-state index contributed by atoms with van der Waals surface area (Å²) in [5.74, 6) is 6.54. The van der Waals surface area contributed by atoms with Gasteiger partial charge in [0.15, 0.2) is 5.01 Å². The smallest absolute Gasteiger partial charge is 0.258 e. The number of aliphatic hydroxyl groups excluding tert-OH is 1. The van der Waals surface area contributed by atoms with Crippen LogP contribution >= 0.6 is 34.3 Å². The molecule has 5 rings (SSSR count). The van der Waals surface area contributed by atoms with Crippen LogP contribution < -0.4 is 10.1 Å². The van der Waals surface area contributed by atoms with E-state index >= 15 is 0 Å². The van der Waals surface area contributed by atoms with Gasteiger partial charge in [0.1, 0.15) is 17.1 Å². The largest absolute Gasteiger partial charge is 0.494 e. The average molecular weight is 541 g/mol. The number of aromatic nitrogens is 4. The second-order valence-corrected chi connectivity index (χ2v) is 10.6. The molecule has 9 nitrogen and oxygen atoms in total. The lowest BCUT2D eigenvalue weighted by Crippen LogP contribution is -2.34. The van der Waals surface area contributed by atoms with Crippen molar-refractivity contribution in [1.82, 2.24) is 25.1 Å². The van der Waals surface area contributed by atoms with E-state index in [1.165, 1.54) is 42.1 Å². The summed E-state index contributed by atoms with van der Waals surface area (Å²) in [5.41, 5.74) is 2.10. The van der Waals surface area contributed by atoms with Crippen molar-refractivity contribution in [1.29, 1.82) is 0 Å². The number of pyridine rings is 1. The summed E-state index contributed by atoms with van der Waals surface area (Å²) in [7, 11) is 1.51. The number of nitrogens with zero attached hydrogens (tertiary/aromatic N) is 5. The zero-order valence-electron chi connectivity index (χ0n) is 19.4. The SMILES string of the molecule is COc1cnc(Cl)cc1C1=CN(Cc2csc(C)n2)C(O)C=C1C(=O)Nc1nnc(C#CC2CC2)s1. The van der Waals surface area contributed by atoms with Crippen molar-refractivity contribution in [2.24, 2.45) is 5.92 Å². The van der Waals surface area contributed by atoms with Crippen molar-refractivity contribution in [2.75, 3.05) is 12.4 Å². The standard InChI is InChI=1S/C24H21ClN6O3S2/c1-13-27-15(12-35-13)10-31-11-18(16-7-20(25)26-9-19(16)34-2)17(8-22(31)32)23(33)28-24-30-29-21(36-24)6-5-14-3-4-14/h7-9,11-12,14,22,32H,3-4,10H2,1-2H3,(H,28,30,33). The molecular weight excluding hydrogens is 520 g/mol. The van der Waals surface area contributed by atoms with Crippen molar-refractivity contribution in [3.8, 4) is 17.6 Å². The van der Waals surface area contributed by atoms with E-state index in [9.17, 15) is 9.90 Å². The number of aliphatic hydroxyl groups is 1. The van der Waals surface area contributed by atoms with Crippen molar-refractivity contribution in [3.05, 3.63) is 61.9 Å². The Morgan fingerprint density at radius 3 is 2.94 bits per heavy atom. The first-order valence-corrected chi connectivity index (χ1v) is 13.1. The zero-order chi connectivity index (χ0) is 25.2. The molecule has 2 N–H and O–H groups in total. The number of halogens is 1. The van der Waals surface area contributed by atoms with Gasteiger partial charge in [0.05, 0.1) is 30.6 Å². The first-order valence-electron chi connectivity index (χ1n) is 11.0. The van der Waals surface area contributed by atoms with E-state index < -0.39 is 12.1 Å². The Morgan fingerprint density at radius 1 is 1.39 bits per heavy atom. The molecule has 2 aliphatic rings. The minimum Gasteiger partial charge on any atom is -0.494 e. The van der Waals surface area contributed by atoms with Gasteiger partial charge < -0.3 is 14.7 Å². The molecule has 0 bridgehead atoms. The second-order valence-electron chi connectivity index (χ2n) is 8.18. The molecule has 1 saturated carbocycles. The summed E-state index contributed by atoms with van der Waals surface area (Å²) in [5, 5.41) is 25.7. The third-order valence-corrected chi connectivity index (χ3v) is 7.23. The van der Waals surface area contributed by atoms with Crippen LogP contribution in [0.4, 0.5) is 5.13 Å². The number of thiazole rings is 1. The van der Waals surface area contributed by atoms with E-state index in [4.69, 9.17) is 16.3 Å². The van der Waals surface area contributed by atoms with Crippen LogP contribution in [0, 0.1) is 24.7 Å². The summed E-state index contributed by atoms with van der Waals surface area (Å²) in [6, 6.07) is 1.62. The minimum absolute atomic E-state index is 0.231. The Balaban J connectivity index is 1.46. The fourth-order valence-electron chi connectivity index (χ4n) is 3.54. The first kappa shape index (κ1) is 24.4. The lowest BCUT2D eigenvalue weighted by Gasteiger charge is -2.30. The lowest BCUT2D eigenvalue weighted by atomic mass is 9.95. The molecule has 36 heavy (non-hydrogen) atoms. The number of aryl methyl sites for hydroxylation is 1. The highest BCUT2D eigenvalue weighted by Gasteiger charge is 2.29.